The number of hydrogen-bond donors (Lipinski definition) is 0. The minimum atomic E-state index is -0.510. The molecule has 0 saturated carbocycles. The standard InChI is InChI=1S/C18H22N4O3/c1-18(2,3)25-17(23)22-13-7-12(8-14(22)11-24-10-13)15-9-20-16-19-5-4-6-21(15)16/h4-7,9,13-14H,8,10-11H2,1-3H3. The summed E-state index contributed by atoms with van der Waals surface area (Å²) in [5.41, 5.74) is 1.67. The first-order valence-corrected chi connectivity index (χ1v) is 8.50. The first kappa shape index (κ1) is 16.1. The summed E-state index contributed by atoms with van der Waals surface area (Å²) in [6.07, 6.45) is 8.05. The molecule has 2 unspecified atom stereocenters. The lowest BCUT2D eigenvalue weighted by molar-refractivity contribution is -0.0511. The number of hydrogen-bond acceptors (Lipinski definition) is 5. The van der Waals surface area contributed by atoms with Crippen LogP contribution in [0.3, 0.4) is 0 Å². The van der Waals surface area contributed by atoms with Gasteiger partial charge in [0.2, 0.25) is 5.78 Å². The lowest BCUT2D eigenvalue weighted by Gasteiger charge is -2.44. The van der Waals surface area contributed by atoms with Crippen LogP contribution in [0.5, 0.6) is 0 Å². The third kappa shape index (κ3) is 3.00. The fraction of sp³-hybridized carbons (Fsp3) is 0.500. The van der Waals surface area contributed by atoms with E-state index in [2.05, 4.69) is 16.0 Å². The number of nitrogens with zero attached hydrogens (tertiary/aromatic N) is 4. The van der Waals surface area contributed by atoms with Crippen molar-refractivity contribution in [3.8, 4) is 0 Å². The van der Waals surface area contributed by atoms with E-state index < -0.39 is 5.60 Å². The number of ether oxygens (including phenoxy) is 2. The highest BCUT2D eigenvalue weighted by molar-refractivity contribution is 5.74. The first-order valence-electron chi connectivity index (χ1n) is 8.50. The summed E-state index contributed by atoms with van der Waals surface area (Å²) in [6, 6.07) is 1.73. The molecular formula is C18H22N4O3. The molecule has 2 aliphatic heterocycles. The zero-order valence-electron chi connectivity index (χ0n) is 14.7. The molecule has 2 atom stereocenters. The Labute approximate surface area is 146 Å². The lowest BCUT2D eigenvalue weighted by atomic mass is 9.93. The molecule has 1 fully saturated rings. The maximum atomic E-state index is 12.6. The van der Waals surface area contributed by atoms with E-state index in [0.29, 0.717) is 25.4 Å². The first-order chi connectivity index (χ1) is 11.9. The number of carbonyl (C=O) groups excluding carboxylic acids is 1. The summed E-state index contributed by atoms with van der Waals surface area (Å²) in [5, 5.41) is 0. The van der Waals surface area contributed by atoms with Gasteiger partial charge in [-0.3, -0.25) is 9.30 Å². The van der Waals surface area contributed by atoms with Crippen molar-refractivity contribution in [3.63, 3.8) is 0 Å². The summed E-state index contributed by atoms with van der Waals surface area (Å²) < 4.78 is 13.2. The monoisotopic (exact) mass is 342 g/mol. The molecule has 132 valence electrons. The quantitative estimate of drug-likeness (QED) is 0.796. The molecule has 4 rings (SSSR count). The van der Waals surface area contributed by atoms with Crippen molar-refractivity contribution < 1.29 is 14.3 Å². The van der Waals surface area contributed by atoms with Crippen molar-refractivity contribution in [3.05, 3.63) is 36.4 Å². The Morgan fingerprint density at radius 1 is 1.32 bits per heavy atom. The maximum absolute atomic E-state index is 12.6. The molecule has 2 aliphatic rings. The van der Waals surface area contributed by atoms with Gasteiger partial charge in [0.15, 0.2) is 0 Å². The van der Waals surface area contributed by atoms with Gasteiger partial charge in [-0.05, 0) is 38.8 Å². The number of imidazole rings is 1. The van der Waals surface area contributed by atoms with E-state index in [1.165, 1.54) is 5.57 Å². The second-order valence-electron chi connectivity index (χ2n) is 7.48. The van der Waals surface area contributed by atoms with Crippen LogP contribution in [-0.2, 0) is 9.47 Å². The van der Waals surface area contributed by atoms with Crippen LogP contribution in [0.4, 0.5) is 4.79 Å². The third-order valence-corrected chi connectivity index (χ3v) is 4.42. The van der Waals surface area contributed by atoms with Gasteiger partial charge in [-0.2, -0.15) is 0 Å². The molecule has 0 N–H and O–H groups in total. The van der Waals surface area contributed by atoms with Gasteiger partial charge in [0, 0.05) is 12.4 Å². The number of carbonyl (C=O) groups is 1. The topological polar surface area (TPSA) is 69.0 Å². The molecule has 7 heteroatoms. The van der Waals surface area contributed by atoms with Crippen LogP contribution in [0.25, 0.3) is 11.4 Å². The predicted octanol–water partition coefficient (Wildman–Crippen LogP) is 2.52. The van der Waals surface area contributed by atoms with Gasteiger partial charge in [-0.25, -0.2) is 14.8 Å². The van der Waals surface area contributed by atoms with Crippen molar-refractivity contribution in [2.24, 2.45) is 0 Å². The highest BCUT2D eigenvalue weighted by Gasteiger charge is 2.40. The molecule has 1 amide bonds. The van der Waals surface area contributed by atoms with Crippen LogP contribution >= 0.6 is 0 Å². The summed E-state index contributed by atoms with van der Waals surface area (Å²) in [5.74, 6) is 0.675. The van der Waals surface area contributed by atoms with E-state index in [9.17, 15) is 4.79 Å². The summed E-state index contributed by atoms with van der Waals surface area (Å²) in [6.45, 7) is 6.64. The second kappa shape index (κ2) is 5.84. The fourth-order valence-corrected chi connectivity index (χ4v) is 3.45. The Kier molecular flexibility index (Phi) is 3.76. The molecule has 0 radical (unpaired) electrons. The molecule has 2 aromatic heterocycles. The molecule has 7 nitrogen and oxygen atoms in total. The van der Waals surface area contributed by atoms with Crippen molar-refractivity contribution >= 4 is 17.4 Å². The van der Waals surface area contributed by atoms with Crippen molar-refractivity contribution in [1.82, 2.24) is 19.3 Å². The lowest BCUT2D eigenvalue weighted by Crippen LogP contribution is -2.57. The zero-order chi connectivity index (χ0) is 17.6. The fourth-order valence-electron chi connectivity index (χ4n) is 3.45. The van der Waals surface area contributed by atoms with Gasteiger partial charge in [0.1, 0.15) is 5.60 Å². The van der Waals surface area contributed by atoms with Crippen molar-refractivity contribution in [2.45, 2.75) is 44.9 Å². The number of fused-ring (bicyclic) bond motifs is 3. The predicted molar refractivity (Wildman–Crippen MR) is 92.0 cm³/mol. The molecule has 2 aromatic rings. The average molecular weight is 342 g/mol. The van der Waals surface area contributed by atoms with E-state index >= 15 is 0 Å². The van der Waals surface area contributed by atoms with Gasteiger partial charge in [0.05, 0.1) is 37.2 Å². The molecular weight excluding hydrogens is 320 g/mol. The Morgan fingerprint density at radius 3 is 2.92 bits per heavy atom. The highest BCUT2D eigenvalue weighted by Crippen LogP contribution is 2.33. The minimum Gasteiger partial charge on any atom is -0.444 e. The minimum absolute atomic E-state index is 0.0316. The second-order valence-corrected chi connectivity index (χ2v) is 7.48. The molecule has 25 heavy (non-hydrogen) atoms. The van der Waals surface area contributed by atoms with Crippen LogP contribution in [0.2, 0.25) is 0 Å². The largest absolute Gasteiger partial charge is 0.444 e. The molecule has 4 heterocycles. The molecule has 0 spiro atoms. The Bertz CT molecular complexity index is 836. The van der Waals surface area contributed by atoms with E-state index in [1.54, 1.807) is 6.20 Å². The maximum Gasteiger partial charge on any atom is 0.411 e. The molecule has 2 bridgehead atoms. The van der Waals surface area contributed by atoms with Crippen LogP contribution in [0.1, 0.15) is 32.9 Å². The van der Waals surface area contributed by atoms with Crippen LogP contribution in [-0.4, -0.2) is 56.3 Å². The number of aromatic nitrogens is 3. The van der Waals surface area contributed by atoms with Gasteiger partial charge >= 0.3 is 6.09 Å². The Hall–Kier alpha value is -2.41. The smallest absolute Gasteiger partial charge is 0.411 e. The third-order valence-electron chi connectivity index (χ3n) is 4.42. The van der Waals surface area contributed by atoms with Crippen LogP contribution < -0.4 is 0 Å². The molecule has 1 saturated heterocycles. The Morgan fingerprint density at radius 2 is 2.16 bits per heavy atom. The van der Waals surface area contributed by atoms with Crippen molar-refractivity contribution in [2.75, 3.05) is 13.2 Å². The van der Waals surface area contributed by atoms with Crippen molar-refractivity contribution in [1.29, 1.82) is 0 Å². The van der Waals surface area contributed by atoms with Gasteiger partial charge < -0.3 is 9.47 Å². The summed E-state index contributed by atoms with van der Waals surface area (Å²) in [4.78, 5) is 23.1. The van der Waals surface area contributed by atoms with Crippen LogP contribution in [0, 0.1) is 0 Å². The Balaban J connectivity index is 1.66. The SMILES string of the molecule is CC(C)(C)OC(=O)N1C2C=C(c3cnc4ncccn34)CC1COC2. The van der Waals surface area contributed by atoms with Crippen LogP contribution in [0.15, 0.2) is 30.7 Å². The molecule has 0 aromatic carbocycles. The number of morpholine rings is 1. The zero-order valence-corrected chi connectivity index (χ0v) is 14.7. The van der Waals surface area contributed by atoms with E-state index in [0.717, 1.165) is 5.69 Å². The average Bonchev–Trinajstić information content (AvgIpc) is 2.96. The molecule has 0 aliphatic carbocycles. The summed E-state index contributed by atoms with van der Waals surface area (Å²) >= 11 is 0. The van der Waals surface area contributed by atoms with E-state index in [1.807, 2.05) is 48.5 Å². The number of rotatable bonds is 1. The van der Waals surface area contributed by atoms with Gasteiger partial charge in [-0.1, -0.05) is 6.08 Å². The van der Waals surface area contributed by atoms with E-state index in [-0.39, 0.29) is 18.2 Å². The summed E-state index contributed by atoms with van der Waals surface area (Å²) in [7, 11) is 0. The van der Waals surface area contributed by atoms with Gasteiger partial charge in [0.25, 0.3) is 0 Å². The van der Waals surface area contributed by atoms with Gasteiger partial charge in [-0.15, -0.1) is 0 Å². The van der Waals surface area contributed by atoms with E-state index in [4.69, 9.17) is 9.47 Å². The highest BCUT2D eigenvalue weighted by atomic mass is 16.6. The normalized spacial score (nSPS) is 23.5. The number of amides is 1.